The van der Waals surface area contributed by atoms with Crippen molar-refractivity contribution in [3.63, 3.8) is 0 Å². The molecule has 0 aliphatic heterocycles. The zero-order chi connectivity index (χ0) is 12.9. The van der Waals surface area contributed by atoms with Crippen molar-refractivity contribution < 1.29 is 18.0 Å². The maximum atomic E-state index is 11.8. The lowest BCUT2D eigenvalue weighted by molar-refractivity contribution is -0.127. The minimum absolute atomic E-state index is 0.0233. The Labute approximate surface area is 96.0 Å². The molecule has 0 amide bonds. The summed E-state index contributed by atoms with van der Waals surface area (Å²) in [5.74, 6) is -0.148. The third-order valence-electron chi connectivity index (χ3n) is 1.96. The maximum Gasteiger partial charge on any atom is 0.401 e. The molecule has 1 heterocycles. The molecule has 0 unspecified atom stereocenters. The van der Waals surface area contributed by atoms with E-state index in [9.17, 15) is 18.0 Å². The van der Waals surface area contributed by atoms with E-state index in [1.54, 1.807) is 12.1 Å². The maximum absolute atomic E-state index is 11.8. The summed E-state index contributed by atoms with van der Waals surface area (Å²) in [7, 11) is 0. The summed E-state index contributed by atoms with van der Waals surface area (Å²) < 4.78 is 35.4. The zero-order valence-corrected chi connectivity index (χ0v) is 8.92. The van der Waals surface area contributed by atoms with Crippen molar-refractivity contribution in [1.29, 1.82) is 0 Å². The zero-order valence-electron chi connectivity index (χ0n) is 8.92. The van der Waals surface area contributed by atoms with Crippen LogP contribution in [0.2, 0.25) is 0 Å². The number of hydrogen-bond acceptors (Lipinski definition) is 4. The van der Waals surface area contributed by atoms with E-state index < -0.39 is 12.7 Å². The fourth-order valence-electron chi connectivity index (χ4n) is 1.22. The number of hydrogen-bond donors (Lipinski definition) is 2. The third-order valence-corrected chi connectivity index (χ3v) is 1.96. The van der Waals surface area contributed by atoms with Gasteiger partial charge in [0.15, 0.2) is 5.78 Å². The van der Waals surface area contributed by atoms with E-state index in [1.807, 2.05) is 5.32 Å². The molecule has 0 fully saturated rings. The first-order valence-electron chi connectivity index (χ1n) is 4.87. The number of aromatic nitrogens is 1. The molecule has 0 aliphatic carbocycles. The number of nitrogen functional groups attached to an aromatic ring is 1. The van der Waals surface area contributed by atoms with Gasteiger partial charge in [0.1, 0.15) is 5.82 Å². The average Bonchev–Trinajstić information content (AvgIpc) is 2.19. The Morgan fingerprint density at radius 1 is 1.47 bits per heavy atom. The summed E-state index contributed by atoms with van der Waals surface area (Å²) in [6, 6.07) is 3.23. The van der Waals surface area contributed by atoms with Gasteiger partial charge in [-0.05, 0) is 6.07 Å². The van der Waals surface area contributed by atoms with E-state index in [0.717, 1.165) is 0 Å². The fraction of sp³-hybridized carbons (Fsp3) is 0.400. The second-order valence-corrected chi connectivity index (χ2v) is 3.48. The summed E-state index contributed by atoms with van der Waals surface area (Å²) in [6.07, 6.45) is -2.86. The molecule has 0 aromatic carbocycles. The van der Waals surface area contributed by atoms with E-state index in [4.69, 9.17) is 5.73 Å². The van der Waals surface area contributed by atoms with E-state index in [2.05, 4.69) is 4.98 Å². The van der Waals surface area contributed by atoms with Gasteiger partial charge in [0.05, 0.1) is 13.1 Å². The minimum Gasteiger partial charge on any atom is -0.383 e. The van der Waals surface area contributed by atoms with Crippen LogP contribution < -0.4 is 11.1 Å². The fourth-order valence-corrected chi connectivity index (χ4v) is 1.22. The highest BCUT2D eigenvalue weighted by molar-refractivity contribution is 5.83. The molecule has 1 aromatic rings. The van der Waals surface area contributed by atoms with Crippen molar-refractivity contribution in [2.75, 3.05) is 18.8 Å². The van der Waals surface area contributed by atoms with Crippen molar-refractivity contribution in [2.45, 2.75) is 12.6 Å². The molecule has 0 atom stereocenters. The van der Waals surface area contributed by atoms with Crippen molar-refractivity contribution >= 4 is 11.6 Å². The van der Waals surface area contributed by atoms with Gasteiger partial charge in [-0.15, -0.1) is 0 Å². The number of anilines is 1. The third kappa shape index (κ3) is 5.30. The standard InChI is InChI=1S/C10H12F3N3O/c11-10(12,13)6-15-5-8(17)4-7-2-1-3-16-9(7)14/h1-3,15H,4-6H2,(H2,14,16). The Kier molecular flexibility index (Phi) is 4.45. The lowest BCUT2D eigenvalue weighted by Gasteiger charge is -2.08. The number of ketones is 1. The minimum atomic E-state index is -4.31. The number of carbonyl (C=O) groups excluding carboxylic acids is 1. The molecule has 17 heavy (non-hydrogen) atoms. The first-order chi connectivity index (χ1) is 7.88. The van der Waals surface area contributed by atoms with E-state index in [1.165, 1.54) is 6.20 Å². The molecule has 4 nitrogen and oxygen atoms in total. The number of nitrogens with zero attached hydrogens (tertiary/aromatic N) is 1. The van der Waals surface area contributed by atoms with Crippen molar-refractivity contribution in [2.24, 2.45) is 0 Å². The second kappa shape index (κ2) is 5.62. The van der Waals surface area contributed by atoms with Crippen LogP contribution in [0.15, 0.2) is 18.3 Å². The normalized spacial score (nSPS) is 11.5. The predicted molar refractivity (Wildman–Crippen MR) is 56.3 cm³/mol. The van der Waals surface area contributed by atoms with E-state index >= 15 is 0 Å². The average molecular weight is 247 g/mol. The summed E-state index contributed by atoms with van der Waals surface area (Å²) in [5.41, 5.74) is 6.02. The molecule has 1 aromatic heterocycles. The van der Waals surface area contributed by atoms with Crippen LogP contribution in [0.5, 0.6) is 0 Å². The lowest BCUT2D eigenvalue weighted by Crippen LogP contribution is -2.33. The highest BCUT2D eigenvalue weighted by Crippen LogP contribution is 2.12. The molecule has 94 valence electrons. The van der Waals surface area contributed by atoms with Gasteiger partial charge in [0, 0.05) is 18.2 Å². The quantitative estimate of drug-likeness (QED) is 0.812. The number of nitrogens with one attached hydrogen (secondary N) is 1. The molecule has 0 bridgehead atoms. The van der Waals surface area contributed by atoms with Crippen LogP contribution >= 0.6 is 0 Å². The molecule has 0 spiro atoms. The second-order valence-electron chi connectivity index (χ2n) is 3.48. The topological polar surface area (TPSA) is 68.0 Å². The van der Waals surface area contributed by atoms with Crippen LogP contribution in [0.4, 0.5) is 19.0 Å². The van der Waals surface area contributed by atoms with Gasteiger partial charge in [-0.2, -0.15) is 13.2 Å². The molecule has 7 heteroatoms. The van der Waals surface area contributed by atoms with Crippen LogP contribution in [0, 0.1) is 0 Å². The summed E-state index contributed by atoms with van der Waals surface area (Å²) in [6.45, 7) is -1.52. The molecule has 0 radical (unpaired) electrons. The number of alkyl halides is 3. The van der Waals surface area contributed by atoms with Gasteiger partial charge >= 0.3 is 6.18 Å². The number of halogens is 3. The summed E-state index contributed by atoms with van der Waals surface area (Å²) >= 11 is 0. The molecule has 0 saturated carbocycles. The van der Waals surface area contributed by atoms with Crippen molar-refractivity contribution in [3.8, 4) is 0 Å². The first kappa shape index (κ1) is 13.4. The highest BCUT2D eigenvalue weighted by atomic mass is 19.4. The van der Waals surface area contributed by atoms with Crippen LogP contribution in [-0.4, -0.2) is 30.0 Å². The predicted octanol–water partition coefficient (Wildman–Crippen LogP) is 0.927. The highest BCUT2D eigenvalue weighted by Gasteiger charge is 2.26. The van der Waals surface area contributed by atoms with Gasteiger partial charge in [-0.3, -0.25) is 4.79 Å². The Hall–Kier alpha value is -1.63. The number of pyridine rings is 1. The largest absolute Gasteiger partial charge is 0.401 e. The number of rotatable bonds is 5. The van der Waals surface area contributed by atoms with Gasteiger partial charge in [0.25, 0.3) is 0 Å². The van der Waals surface area contributed by atoms with E-state index in [0.29, 0.717) is 5.56 Å². The monoisotopic (exact) mass is 247 g/mol. The molecule has 3 N–H and O–H groups in total. The SMILES string of the molecule is Nc1ncccc1CC(=O)CNCC(F)(F)F. The van der Waals surface area contributed by atoms with Crippen LogP contribution in [0.1, 0.15) is 5.56 Å². The smallest absolute Gasteiger partial charge is 0.383 e. The Morgan fingerprint density at radius 2 is 2.18 bits per heavy atom. The lowest BCUT2D eigenvalue weighted by atomic mass is 10.1. The molecule has 1 rings (SSSR count). The van der Waals surface area contributed by atoms with Gasteiger partial charge in [-0.1, -0.05) is 6.07 Å². The van der Waals surface area contributed by atoms with Crippen LogP contribution in [0.25, 0.3) is 0 Å². The van der Waals surface area contributed by atoms with E-state index in [-0.39, 0.29) is 24.6 Å². The van der Waals surface area contributed by atoms with Crippen molar-refractivity contribution in [3.05, 3.63) is 23.9 Å². The molecular formula is C10H12F3N3O. The van der Waals surface area contributed by atoms with Crippen LogP contribution in [-0.2, 0) is 11.2 Å². The summed E-state index contributed by atoms with van der Waals surface area (Å²) in [4.78, 5) is 15.1. The Morgan fingerprint density at radius 3 is 2.76 bits per heavy atom. The van der Waals surface area contributed by atoms with Gasteiger partial charge in [0.2, 0.25) is 0 Å². The van der Waals surface area contributed by atoms with Crippen LogP contribution in [0.3, 0.4) is 0 Å². The van der Waals surface area contributed by atoms with Gasteiger partial charge in [-0.25, -0.2) is 4.98 Å². The van der Waals surface area contributed by atoms with Crippen molar-refractivity contribution in [1.82, 2.24) is 10.3 Å². The first-order valence-corrected chi connectivity index (χ1v) is 4.87. The number of nitrogens with two attached hydrogens (primary N) is 1. The molecule has 0 aliphatic rings. The Balaban J connectivity index is 2.38. The molecular weight excluding hydrogens is 235 g/mol. The Bertz CT molecular complexity index is 393. The number of Topliss-reactive ketones (excluding diaryl/α,β-unsaturated/α-hetero) is 1. The van der Waals surface area contributed by atoms with Gasteiger partial charge < -0.3 is 11.1 Å². The molecule has 0 saturated heterocycles. The summed E-state index contributed by atoms with van der Waals surface area (Å²) in [5, 5.41) is 2.03. The number of carbonyl (C=O) groups is 1.